The molecule has 0 heterocycles. The minimum atomic E-state index is -4.92. The zero-order chi connectivity index (χ0) is 52.0. The van der Waals surface area contributed by atoms with Crippen LogP contribution in [-0.4, -0.2) is 96.7 Å². The van der Waals surface area contributed by atoms with E-state index in [4.69, 9.17) is 37.0 Å². The summed E-state index contributed by atoms with van der Waals surface area (Å²) in [5.74, 6) is -2.19. The highest BCUT2D eigenvalue weighted by Crippen LogP contribution is 2.45. The van der Waals surface area contributed by atoms with Crippen LogP contribution in [0.5, 0.6) is 0 Å². The molecule has 3 N–H and O–H groups in total. The maximum atomic E-state index is 12.8. The zero-order valence-corrected chi connectivity index (χ0v) is 45.8. The Balaban J connectivity index is 5.03. The summed E-state index contributed by atoms with van der Waals surface area (Å²) in [7, 11) is -9.83. The average Bonchev–Trinajstić information content (AvgIpc) is 3.33. The molecule has 0 rings (SSSR count). The van der Waals surface area contributed by atoms with Gasteiger partial charge in [-0.1, -0.05) is 195 Å². The van der Waals surface area contributed by atoms with Gasteiger partial charge in [0, 0.05) is 25.7 Å². The van der Waals surface area contributed by atoms with Crippen molar-refractivity contribution in [2.24, 2.45) is 0 Å². The largest absolute Gasteiger partial charge is 0.472 e. The van der Waals surface area contributed by atoms with Crippen LogP contribution in [0.25, 0.3) is 0 Å². The highest BCUT2D eigenvalue weighted by molar-refractivity contribution is 7.47. The van der Waals surface area contributed by atoms with Gasteiger partial charge >= 0.3 is 39.5 Å². The molecule has 19 heteroatoms. The summed E-state index contributed by atoms with van der Waals surface area (Å²) in [6.45, 7) is 4.53. The van der Waals surface area contributed by atoms with Crippen molar-refractivity contribution in [1.82, 2.24) is 0 Å². The molecule has 0 aliphatic rings. The maximum absolute atomic E-state index is 12.8. The summed E-state index contributed by atoms with van der Waals surface area (Å²) in [6.07, 6.45) is 27.7. The Hall–Kier alpha value is -1.94. The van der Waals surface area contributed by atoms with Crippen molar-refractivity contribution in [2.45, 2.75) is 264 Å². The number of aliphatic hydroxyl groups excluding tert-OH is 1. The molecule has 0 aromatic carbocycles. The lowest BCUT2D eigenvalue weighted by atomic mass is 10.0. The Labute approximate surface area is 422 Å². The molecule has 0 fully saturated rings. The first-order valence-corrected chi connectivity index (χ1v) is 30.3. The zero-order valence-electron chi connectivity index (χ0n) is 44.0. The topological polar surface area (TPSA) is 237 Å². The lowest BCUT2D eigenvalue weighted by Gasteiger charge is -2.21. The smallest absolute Gasteiger partial charge is 0.462 e. The fourth-order valence-corrected chi connectivity index (χ4v) is 8.91. The second kappa shape index (κ2) is 46.8. The van der Waals surface area contributed by atoms with E-state index in [0.29, 0.717) is 25.7 Å². The molecule has 0 aliphatic carbocycles. The first-order chi connectivity index (χ1) is 33.7. The molecule has 5 atom stereocenters. The second-order valence-electron chi connectivity index (χ2n) is 18.6. The number of aliphatic hydroxyl groups is 1. The van der Waals surface area contributed by atoms with Gasteiger partial charge in [-0.05, 0) is 25.7 Å². The first kappa shape index (κ1) is 68.1. The van der Waals surface area contributed by atoms with Crippen molar-refractivity contribution in [3.05, 3.63) is 0 Å². The number of hydrogen-bond donors (Lipinski definition) is 3. The first-order valence-electron chi connectivity index (χ1n) is 27.3. The Morgan fingerprint density at radius 3 is 0.843 bits per heavy atom. The van der Waals surface area contributed by atoms with Gasteiger partial charge in [0.05, 0.1) is 26.4 Å². The van der Waals surface area contributed by atoms with Crippen molar-refractivity contribution in [2.75, 3.05) is 39.6 Å². The summed E-state index contributed by atoms with van der Waals surface area (Å²) in [5, 5.41) is 10.4. The molecular weight excluding hydrogens is 946 g/mol. The van der Waals surface area contributed by atoms with E-state index < -0.39 is 97.5 Å². The maximum Gasteiger partial charge on any atom is 0.472 e. The number of carbonyl (C=O) groups excluding carboxylic acids is 4. The quantitative estimate of drug-likeness (QED) is 0.0222. The third-order valence-corrected chi connectivity index (χ3v) is 13.5. The Morgan fingerprint density at radius 2 is 0.571 bits per heavy atom. The van der Waals surface area contributed by atoms with Crippen molar-refractivity contribution >= 4 is 39.5 Å². The lowest BCUT2D eigenvalue weighted by Crippen LogP contribution is -2.30. The number of ether oxygens (including phenoxy) is 4. The normalized spacial score (nSPS) is 14.6. The molecule has 0 aliphatic heterocycles. The number of phosphoric ester groups is 2. The number of carbonyl (C=O) groups is 4. The van der Waals surface area contributed by atoms with Gasteiger partial charge in [0.15, 0.2) is 12.2 Å². The van der Waals surface area contributed by atoms with Crippen LogP contribution in [0, 0.1) is 0 Å². The van der Waals surface area contributed by atoms with Crippen LogP contribution in [0.3, 0.4) is 0 Å². The van der Waals surface area contributed by atoms with E-state index in [2.05, 4.69) is 27.7 Å². The van der Waals surface area contributed by atoms with E-state index in [1.54, 1.807) is 0 Å². The number of rotatable bonds is 52. The van der Waals surface area contributed by atoms with Gasteiger partial charge in [-0.3, -0.25) is 37.3 Å². The Morgan fingerprint density at radius 1 is 0.343 bits per heavy atom. The summed E-state index contributed by atoms with van der Waals surface area (Å²) >= 11 is 0. The van der Waals surface area contributed by atoms with Crippen LogP contribution in [-0.2, 0) is 65.4 Å². The molecule has 0 aromatic rings. The van der Waals surface area contributed by atoms with E-state index in [1.165, 1.54) is 64.2 Å². The molecule has 0 radical (unpaired) electrons. The third-order valence-electron chi connectivity index (χ3n) is 11.6. The summed E-state index contributed by atoms with van der Waals surface area (Å²) in [4.78, 5) is 70.8. The number of esters is 4. The molecule has 70 heavy (non-hydrogen) atoms. The minimum absolute atomic E-state index is 0.0988. The van der Waals surface area contributed by atoms with Crippen LogP contribution in [0.2, 0.25) is 0 Å². The van der Waals surface area contributed by atoms with Crippen LogP contribution < -0.4 is 0 Å². The van der Waals surface area contributed by atoms with Crippen LogP contribution >= 0.6 is 15.6 Å². The van der Waals surface area contributed by atoms with Crippen molar-refractivity contribution < 1.29 is 80.2 Å². The highest BCUT2D eigenvalue weighted by Gasteiger charge is 2.30. The van der Waals surface area contributed by atoms with Gasteiger partial charge in [-0.15, -0.1) is 0 Å². The van der Waals surface area contributed by atoms with E-state index >= 15 is 0 Å². The van der Waals surface area contributed by atoms with Crippen LogP contribution in [0.15, 0.2) is 0 Å². The van der Waals surface area contributed by atoms with E-state index in [9.17, 15) is 43.2 Å². The highest BCUT2D eigenvalue weighted by atomic mass is 31.2. The molecule has 17 nitrogen and oxygen atoms in total. The van der Waals surface area contributed by atoms with E-state index in [-0.39, 0.29) is 25.7 Å². The molecule has 414 valence electrons. The Kier molecular flexibility index (Phi) is 45.5. The fourth-order valence-electron chi connectivity index (χ4n) is 7.34. The molecule has 0 bridgehead atoms. The van der Waals surface area contributed by atoms with Crippen molar-refractivity contribution in [1.29, 1.82) is 0 Å². The van der Waals surface area contributed by atoms with Gasteiger partial charge < -0.3 is 33.8 Å². The van der Waals surface area contributed by atoms with Crippen LogP contribution in [0.1, 0.15) is 246 Å². The monoisotopic (exact) mass is 1040 g/mol. The predicted octanol–water partition coefficient (Wildman–Crippen LogP) is 12.9. The van der Waals surface area contributed by atoms with Crippen LogP contribution in [0.4, 0.5) is 0 Å². The van der Waals surface area contributed by atoms with Gasteiger partial charge in [0.1, 0.15) is 19.3 Å². The van der Waals surface area contributed by atoms with Gasteiger partial charge in [-0.25, -0.2) is 9.13 Å². The molecule has 0 spiro atoms. The molecule has 0 aromatic heterocycles. The molecule has 0 saturated heterocycles. The summed E-state index contributed by atoms with van der Waals surface area (Å²) in [5.41, 5.74) is 0. The van der Waals surface area contributed by atoms with Crippen molar-refractivity contribution in [3.8, 4) is 0 Å². The predicted molar refractivity (Wildman–Crippen MR) is 271 cm³/mol. The third kappa shape index (κ3) is 45.9. The SMILES string of the molecule is CCCCCCCCCCCCCCCCCC(=O)O[C@H](COC(=O)CCCCCCC)COP(=O)(O)OC[C@@H](O)COP(=O)(O)OC[C@@H](COC(=O)CCCCCCC)OC(=O)CCCCCCC. The molecular formula is C51H98O17P2. The van der Waals surface area contributed by atoms with E-state index in [1.807, 2.05) is 0 Å². The Bertz CT molecular complexity index is 1390. The number of hydrogen-bond acceptors (Lipinski definition) is 15. The van der Waals surface area contributed by atoms with Gasteiger partial charge in [0.25, 0.3) is 0 Å². The summed E-state index contributed by atoms with van der Waals surface area (Å²) in [6, 6.07) is 0. The van der Waals surface area contributed by atoms with E-state index in [0.717, 1.165) is 103 Å². The van der Waals surface area contributed by atoms with Crippen molar-refractivity contribution in [3.63, 3.8) is 0 Å². The lowest BCUT2D eigenvalue weighted by molar-refractivity contribution is -0.161. The standard InChI is InChI=1S/C51H98O17P2/c1-5-9-13-17-18-19-20-21-22-23-24-25-26-30-34-38-51(56)68-47(42-62-49(54)36-32-28-15-11-7-3)44-66-70(59,60)64-40-45(52)39-63-69(57,58)65-43-46(67-50(55)37-33-29-16-12-8-4)41-61-48(53)35-31-27-14-10-6-2/h45-47,52H,5-44H2,1-4H3,(H,57,58)(H,59,60)/t45-,46+,47+/m0/s1. The molecule has 0 saturated carbocycles. The fraction of sp³-hybridized carbons (Fsp3) is 0.922. The second-order valence-corrected chi connectivity index (χ2v) is 21.5. The van der Waals surface area contributed by atoms with Gasteiger partial charge in [-0.2, -0.15) is 0 Å². The van der Waals surface area contributed by atoms with Gasteiger partial charge in [0.2, 0.25) is 0 Å². The molecule has 0 amide bonds. The average molecular weight is 1050 g/mol. The minimum Gasteiger partial charge on any atom is -0.462 e. The number of phosphoric acid groups is 2. The molecule has 2 unspecified atom stereocenters. The summed E-state index contributed by atoms with van der Waals surface area (Å²) < 4.78 is 66.8. The number of unbranched alkanes of at least 4 members (excludes halogenated alkanes) is 26.